The van der Waals surface area contributed by atoms with Crippen LogP contribution < -0.4 is 4.90 Å². The summed E-state index contributed by atoms with van der Waals surface area (Å²) in [7, 11) is 0. The standard InChI is InChI=1S/C19H18N6O2/c20-12-15-4-5-17(25(26)27)18(11-15)23-9-7-22(8-10-23)13-16-14-24-6-2-1-3-19(24)21-16/h1-6,11,14H,7-10,13H2. The van der Waals surface area contributed by atoms with Crippen molar-refractivity contribution < 1.29 is 4.92 Å². The molecule has 2 aromatic heterocycles. The first kappa shape index (κ1) is 17.0. The zero-order valence-electron chi connectivity index (χ0n) is 14.7. The number of pyridine rings is 1. The fraction of sp³-hybridized carbons (Fsp3) is 0.263. The number of nitrogens with zero attached hydrogens (tertiary/aromatic N) is 6. The van der Waals surface area contributed by atoms with Gasteiger partial charge in [0, 0.05) is 51.2 Å². The molecule has 0 spiro atoms. The van der Waals surface area contributed by atoms with Gasteiger partial charge in [0.05, 0.1) is 22.2 Å². The summed E-state index contributed by atoms with van der Waals surface area (Å²) in [6, 6.07) is 12.5. The number of nitro groups is 1. The Balaban J connectivity index is 1.46. The van der Waals surface area contributed by atoms with E-state index in [0.717, 1.165) is 31.0 Å². The normalized spacial score (nSPS) is 15.0. The van der Waals surface area contributed by atoms with Crippen LogP contribution in [0, 0.1) is 21.4 Å². The first-order valence-corrected chi connectivity index (χ1v) is 8.72. The molecule has 8 nitrogen and oxygen atoms in total. The molecule has 3 aromatic rings. The SMILES string of the molecule is N#Cc1ccc([N+](=O)[O-])c(N2CCN(Cc3cn4ccccc4n3)CC2)c1. The second-order valence-corrected chi connectivity index (χ2v) is 6.53. The van der Waals surface area contributed by atoms with Crippen molar-refractivity contribution in [3.8, 4) is 6.07 Å². The Morgan fingerprint density at radius 3 is 2.70 bits per heavy atom. The lowest BCUT2D eigenvalue weighted by atomic mass is 10.1. The third-order valence-electron chi connectivity index (χ3n) is 4.81. The lowest BCUT2D eigenvalue weighted by Crippen LogP contribution is -2.46. The van der Waals surface area contributed by atoms with Gasteiger partial charge in [0.2, 0.25) is 0 Å². The number of nitro benzene ring substituents is 1. The first-order chi connectivity index (χ1) is 13.1. The first-order valence-electron chi connectivity index (χ1n) is 8.72. The van der Waals surface area contributed by atoms with Gasteiger partial charge in [-0.25, -0.2) is 4.98 Å². The van der Waals surface area contributed by atoms with Gasteiger partial charge < -0.3 is 9.30 Å². The Bertz CT molecular complexity index is 997. The van der Waals surface area contributed by atoms with Crippen molar-refractivity contribution in [1.82, 2.24) is 14.3 Å². The van der Waals surface area contributed by atoms with Crippen molar-refractivity contribution in [2.24, 2.45) is 0 Å². The van der Waals surface area contributed by atoms with Gasteiger partial charge in [0.15, 0.2) is 0 Å². The summed E-state index contributed by atoms with van der Waals surface area (Å²) in [6.45, 7) is 3.64. The number of hydrogen-bond donors (Lipinski definition) is 0. The molecule has 0 unspecified atom stereocenters. The second kappa shape index (κ2) is 7.05. The maximum Gasteiger partial charge on any atom is 0.292 e. The third-order valence-corrected chi connectivity index (χ3v) is 4.81. The van der Waals surface area contributed by atoms with Gasteiger partial charge in [-0.3, -0.25) is 15.0 Å². The zero-order chi connectivity index (χ0) is 18.8. The van der Waals surface area contributed by atoms with E-state index in [2.05, 4.69) is 16.0 Å². The third kappa shape index (κ3) is 3.45. The van der Waals surface area contributed by atoms with Crippen molar-refractivity contribution in [2.75, 3.05) is 31.1 Å². The number of hydrogen-bond acceptors (Lipinski definition) is 6. The van der Waals surface area contributed by atoms with E-state index in [9.17, 15) is 10.1 Å². The topological polar surface area (TPSA) is 90.7 Å². The minimum atomic E-state index is -0.389. The zero-order valence-corrected chi connectivity index (χ0v) is 14.7. The highest BCUT2D eigenvalue weighted by Crippen LogP contribution is 2.30. The average Bonchev–Trinajstić information content (AvgIpc) is 3.10. The highest BCUT2D eigenvalue weighted by Gasteiger charge is 2.24. The van der Waals surface area contributed by atoms with Crippen molar-refractivity contribution in [1.29, 1.82) is 5.26 Å². The van der Waals surface area contributed by atoms with Crippen LogP contribution in [0.1, 0.15) is 11.3 Å². The lowest BCUT2D eigenvalue weighted by molar-refractivity contribution is -0.384. The van der Waals surface area contributed by atoms with Crippen LogP contribution in [0.5, 0.6) is 0 Å². The number of anilines is 1. The van der Waals surface area contributed by atoms with E-state index in [0.29, 0.717) is 24.3 Å². The van der Waals surface area contributed by atoms with Crippen molar-refractivity contribution in [2.45, 2.75) is 6.54 Å². The van der Waals surface area contributed by atoms with Crippen LogP contribution in [0.3, 0.4) is 0 Å². The highest BCUT2D eigenvalue weighted by molar-refractivity contribution is 5.66. The van der Waals surface area contributed by atoms with Crippen molar-refractivity contribution in [3.63, 3.8) is 0 Å². The van der Waals surface area contributed by atoms with Gasteiger partial charge >= 0.3 is 0 Å². The fourth-order valence-corrected chi connectivity index (χ4v) is 3.44. The Morgan fingerprint density at radius 1 is 1.19 bits per heavy atom. The molecule has 1 aliphatic heterocycles. The molecule has 4 rings (SSSR count). The molecule has 0 atom stereocenters. The summed E-state index contributed by atoms with van der Waals surface area (Å²) >= 11 is 0. The number of nitriles is 1. The molecule has 0 aliphatic carbocycles. The highest BCUT2D eigenvalue weighted by atomic mass is 16.6. The Kier molecular flexibility index (Phi) is 4.44. The maximum absolute atomic E-state index is 11.3. The van der Waals surface area contributed by atoms with E-state index < -0.39 is 0 Å². The number of aromatic nitrogens is 2. The van der Waals surface area contributed by atoms with Crippen LogP contribution in [-0.4, -0.2) is 45.4 Å². The van der Waals surface area contributed by atoms with Gasteiger partial charge in [-0.05, 0) is 24.3 Å². The van der Waals surface area contributed by atoms with Crippen LogP contribution in [-0.2, 0) is 6.54 Å². The smallest absolute Gasteiger partial charge is 0.292 e. The van der Waals surface area contributed by atoms with E-state index in [1.807, 2.05) is 39.9 Å². The molecule has 27 heavy (non-hydrogen) atoms. The molecule has 136 valence electrons. The molecule has 0 amide bonds. The van der Waals surface area contributed by atoms with Crippen LogP contribution in [0.2, 0.25) is 0 Å². The van der Waals surface area contributed by atoms with Gasteiger partial charge in [0.1, 0.15) is 11.3 Å². The van der Waals surface area contributed by atoms with E-state index in [1.54, 1.807) is 6.07 Å². The minimum absolute atomic E-state index is 0.0443. The largest absolute Gasteiger partial charge is 0.363 e. The number of rotatable bonds is 4. The summed E-state index contributed by atoms with van der Waals surface area (Å²) in [5, 5.41) is 20.4. The molecule has 8 heteroatoms. The molecule has 3 heterocycles. The van der Waals surface area contributed by atoms with E-state index in [4.69, 9.17) is 5.26 Å². The number of imidazole rings is 1. The van der Waals surface area contributed by atoms with Crippen molar-refractivity contribution >= 4 is 17.0 Å². The van der Waals surface area contributed by atoms with Crippen LogP contribution in [0.4, 0.5) is 11.4 Å². The summed E-state index contributed by atoms with van der Waals surface area (Å²) in [4.78, 5) is 19.8. The summed E-state index contributed by atoms with van der Waals surface area (Å²) in [6.07, 6.45) is 4.01. The number of piperazine rings is 1. The lowest BCUT2D eigenvalue weighted by Gasteiger charge is -2.35. The molecular weight excluding hydrogens is 344 g/mol. The number of fused-ring (bicyclic) bond motifs is 1. The minimum Gasteiger partial charge on any atom is -0.363 e. The van der Waals surface area contributed by atoms with Gasteiger partial charge in [0.25, 0.3) is 5.69 Å². The van der Waals surface area contributed by atoms with Crippen LogP contribution in [0.15, 0.2) is 48.8 Å². The second-order valence-electron chi connectivity index (χ2n) is 6.53. The molecule has 0 saturated carbocycles. The Hall–Kier alpha value is -3.44. The number of benzene rings is 1. The van der Waals surface area contributed by atoms with Crippen molar-refractivity contribution in [3.05, 3.63) is 70.2 Å². The molecule has 0 N–H and O–H groups in total. The molecule has 1 fully saturated rings. The van der Waals surface area contributed by atoms with Crippen LogP contribution >= 0.6 is 0 Å². The van der Waals surface area contributed by atoms with Gasteiger partial charge in [-0.1, -0.05) is 6.07 Å². The molecule has 0 bridgehead atoms. The Morgan fingerprint density at radius 2 is 2.00 bits per heavy atom. The molecule has 1 aromatic carbocycles. The van der Waals surface area contributed by atoms with E-state index >= 15 is 0 Å². The summed E-state index contributed by atoms with van der Waals surface area (Å²) < 4.78 is 2.00. The average molecular weight is 362 g/mol. The predicted octanol–water partition coefficient (Wildman–Crippen LogP) is 2.44. The van der Waals surface area contributed by atoms with Crippen LogP contribution in [0.25, 0.3) is 5.65 Å². The van der Waals surface area contributed by atoms with Gasteiger partial charge in [-0.15, -0.1) is 0 Å². The quantitative estimate of drug-likeness (QED) is 0.523. The fourth-order valence-electron chi connectivity index (χ4n) is 3.44. The van der Waals surface area contributed by atoms with E-state index in [1.165, 1.54) is 12.1 Å². The maximum atomic E-state index is 11.3. The summed E-state index contributed by atoms with van der Waals surface area (Å²) in [5.74, 6) is 0. The summed E-state index contributed by atoms with van der Waals surface area (Å²) in [5.41, 5.74) is 2.93. The van der Waals surface area contributed by atoms with Gasteiger partial charge in [-0.2, -0.15) is 5.26 Å². The molecule has 1 aliphatic rings. The van der Waals surface area contributed by atoms with E-state index in [-0.39, 0.29) is 10.6 Å². The molecule has 0 radical (unpaired) electrons. The predicted molar refractivity (Wildman–Crippen MR) is 100 cm³/mol. The Labute approximate surface area is 156 Å². The monoisotopic (exact) mass is 362 g/mol. The molecular formula is C19H18N6O2. The molecule has 1 saturated heterocycles.